The molecule has 0 aromatic carbocycles. The lowest BCUT2D eigenvalue weighted by Gasteiger charge is -2.64. The summed E-state index contributed by atoms with van der Waals surface area (Å²) in [6.07, 6.45) is 9.43. The average molecular weight is 279 g/mol. The molecule has 0 aromatic heterocycles. The van der Waals surface area contributed by atoms with E-state index in [-0.39, 0.29) is 0 Å². The Hall–Kier alpha value is -0.110. The van der Waals surface area contributed by atoms with Crippen LogP contribution in [0.4, 0.5) is 0 Å². The van der Waals surface area contributed by atoms with Gasteiger partial charge in [-0.25, -0.2) is 0 Å². The largest absolute Gasteiger partial charge is 0.372 e. The molecule has 3 unspecified atom stereocenters. The molecule has 0 aliphatic heterocycles. The molecular weight excluding hydrogens is 250 g/mol. The van der Waals surface area contributed by atoms with E-state index >= 15 is 0 Å². The van der Waals surface area contributed by atoms with Crippen molar-refractivity contribution in [1.29, 1.82) is 0 Å². The van der Waals surface area contributed by atoms with E-state index in [0.29, 0.717) is 16.2 Å². The number of thiol groups is 1. The molecular formula is C17H29NS. The van der Waals surface area contributed by atoms with Gasteiger partial charge in [-0.15, -0.1) is 0 Å². The molecule has 0 radical (unpaired) electrons. The third-order valence-corrected chi connectivity index (χ3v) is 6.85. The van der Waals surface area contributed by atoms with Crippen molar-refractivity contribution in [3.05, 3.63) is 12.3 Å². The summed E-state index contributed by atoms with van der Waals surface area (Å²) in [6, 6.07) is 0. The summed E-state index contributed by atoms with van der Waals surface area (Å²) >= 11 is 5.09. The molecule has 0 aromatic rings. The van der Waals surface area contributed by atoms with Gasteiger partial charge in [0.1, 0.15) is 0 Å². The van der Waals surface area contributed by atoms with E-state index in [9.17, 15) is 0 Å². The number of hydrogen-bond acceptors (Lipinski definition) is 2. The zero-order valence-electron chi connectivity index (χ0n) is 12.8. The fourth-order valence-electron chi connectivity index (χ4n) is 5.43. The number of hydrogen-bond donors (Lipinski definition) is 1. The van der Waals surface area contributed by atoms with Crippen molar-refractivity contribution < 1.29 is 0 Å². The molecule has 3 atom stereocenters. The average Bonchev–Trinajstić information content (AvgIpc) is 2.33. The first kappa shape index (κ1) is 13.9. The Morgan fingerprint density at radius 1 is 1.32 bits per heavy atom. The lowest BCUT2D eigenvalue weighted by atomic mass is 9.52. The molecule has 4 rings (SSSR count). The molecule has 2 heteroatoms. The predicted molar refractivity (Wildman–Crippen MR) is 85.5 cm³/mol. The van der Waals surface area contributed by atoms with Gasteiger partial charge in [0.05, 0.1) is 0 Å². The lowest BCUT2D eigenvalue weighted by Crippen LogP contribution is -2.63. The minimum Gasteiger partial charge on any atom is -0.372 e. The highest BCUT2D eigenvalue weighted by Crippen LogP contribution is 2.62. The van der Waals surface area contributed by atoms with Crippen LogP contribution in [0, 0.1) is 17.8 Å². The zero-order valence-corrected chi connectivity index (χ0v) is 13.7. The molecule has 19 heavy (non-hydrogen) atoms. The molecule has 0 N–H and O–H groups in total. The van der Waals surface area contributed by atoms with Crippen molar-refractivity contribution in [2.75, 3.05) is 7.05 Å². The summed E-state index contributed by atoms with van der Waals surface area (Å²) < 4.78 is 0.327. The third-order valence-electron chi connectivity index (χ3n) is 6.32. The van der Waals surface area contributed by atoms with Crippen LogP contribution < -0.4 is 0 Å². The van der Waals surface area contributed by atoms with Crippen LogP contribution in [0.2, 0.25) is 0 Å². The van der Waals surface area contributed by atoms with Crippen LogP contribution in [0.5, 0.6) is 0 Å². The Balaban J connectivity index is 1.85. The van der Waals surface area contributed by atoms with E-state index < -0.39 is 0 Å². The third kappa shape index (κ3) is 2.14. The molecule has 0 heterocycles. The zero-order chi connectivity index (χ0) is 13.8. The Kier molecular flexibility index (Phi) is 3.24. The number of rotatable bonds is 4. The standard InChI is InChI=1S/C17H29NS/c1-5-12(2)13(3)18(4)16-7-14-6-15(8-16)10-17(19,9-14)11-16/h12,14-15,19H,3,5-11H2,1-2,4H3. The van der Waals surface area contributed by atoms with Crippen molar-refractivity contribution in [3.63, 3.8) is 0 Å². The van der Waals surface area contributed by atoms with Gasteiger partial charge in [-0.3, -0.25) is 0 Å². The lowest BCUT2D eigenvalue weighted by molar-refractivity contribution is -0.0561. The van der Waals surface area contributed by atoms with Gasteiger partial charge in [-0.1, -0.05) is 20.4 Å². The summed E-state index contributed by atoms with van der Waals surface area (Å²) in [5.74, 6) is 2.45. The molecule has 0 amide bonds. The van der Waals surface area contributed by atoms with E-state index in [0.717, 1.165) is 11.8 Å². The Labute approximate surface area is 124 Å². The second-order valence-electron chi connectivity index (χ2n) is 7.77. The van der Waals surface area contributed by atoms with Crippen molar-refractivity contribution in [2.45, 2.75) is 69.1 Å². The van der Waals surface area contributed by atoms with Crippen LogP contribution in [0.3, 0.4) is 0 Å². The van der Waals surface area contributed by atoms with Crippen molar-refractivity contribution >= 4 is 12.6 Å². The van der Waals surface area contributed by atoms with Crippen LogP contribution in [-0.2, 0) is 0 Å². The normalized spacial score (nSPS) is 45.3. The molecule has 4 aliphatic carbocycles. The van der Waals surface area contributed by atoms with Crippen molar-refractivity contribution in [2.24, 2.45) is 17.8 Å². The van der Waals surface area contributed by atoms with Crippen LogP contribution in [0.15, 0.2) is 12.3 Å². The molecule has 4 fully saturated rings. The molecule has 4 bridgehead atoms. The Morgan fingerprint density at radius 2 is 1.89 bits per heavy atom. The van der Waals surface area contributed by atoms with Gasteiger partial charge in [0.25, 0.3) is 0 Å². The highest BCUT2D eigenvalue weighted by molar-refractivity contribution is 7.81. The van der Waals surface area contributed by atoms with Gasteiger partial charge in [0, 0.05) is 23.0 Å². The van der Waals surface area contributed by atoms with Gasteiger partial charge < -0.3 is 4.90 Å². The maximum atomic E-state index is 5.09. The molecule has 1 nitrogen and oxygen atoms in total. The molecule has 0 spiro atoms. The topological polar surface area (TPSA) is 3.24 Å². The smallest absolute Gasteiger partial charge is 0.0414 e. The highest BCUT2D eigenvalue weighted by atomic mass is 32.1. The predicted octanol–water partition coefficient (Wildman–Crippen LogP) is 4.50. The summed E-state index contributed by atoms with van der Waals surface area (Å²) in [7, 11) is 2.30. The first-order chi connectivity index (χ1) is 8.87. The van der Waals surface area contributed by atoms with Crippen molar-refractivity contribution in [1.82, 2.24) is 4.90 Å². The summed E-state index contributed by atoms with van der Waals surface area (Å²) in [4.78, 5) is 2.57. The van der Waals surface area contributed by atoms with Crippen LogP contribution in [-0.4, -0.2) is 22.2 Å². The maximum absolute atomic E-state index is 5.09. The van der Waals surface area contributed by atoms with Gasteiger partial charge in [-0.2, -0.15) is 12.6 Å². The summed E-state index contributed by atoms with van der Waals surface area (Å²) in [5, 5.41) is 0. The molecule has 0 saturated heterocycles. The first-order valence-corrected chi connectivity index (χ1v) is 8.47. The fraction of sp³-hybridized carbons (Fsp3) is 0.882. The Morgan fingerprint density at radius 3 is 2.37 bits per heavy atom. The SMILES string of the molecule is C=C(C(C)CC)N(C)C12CC3CC(CC(S)(C3)C1)C2. The second-order valence-corrected chi connectivity index (χ2v) is 8.72. The maximum Gasteiger partial charge on any atom is 0.0414 e. The summed E-state index contributed by atoms with van der Waals surface area (Å²) in [6.45, 7) is 8.99. The van der Waals surface area contributed by atoms with E-state index in [1.54, 1.807) is 0 Å². The monoisotopic (exact) mass is 279 g/mol. The number of allylic oxidation sites excluding steroid dienone is 1. The summed E-state index contributed by atoms with van der Waals surface area (Å²) in [5.41, 5.74) is 1.73. The quantitative estimate of drug-likeness (QED) is 0.742. The van der Waals surface area contributed by atoms with E-state index in [4.69, 9.17) is 12.6 Å². The molecule has 4 saturated carbocycles. The van der Waals surface area contributed by atoms with E-state index in [1.165, 1.54) is 50.6 Å². The number of nitrogens with zero attached hydrogens (tertiary/aromatic N) is 1. The van der Waals surface area contributed by atoms with E-state index in [1.807, 2.05) is 0 Å². The van der Waals surface area contributed by atoms with Crippen LogP contribution in [0.25, 0.3) is 0 Å². The van der Waals surface area contributed by atoms with Gasteiger partial charge in [0.15, 0.2) is 0 Å². The van der Waals surface area contributed by atoms with E-state index in [2.05, 4.69) is 32.4 Å². The first-order valence-electron chi connectivity index (χ1n) is 8.02. The van der Waals surface area contributed by atoms with Crippen molar-refractivity contribution in [3.8, 4) is 0 Å². The minimum absolute atomic E-state index is 0.327. The molecule has 4 aliphatic rings. The highest BCUT2D eigenvalue weighted by Gasteiger charge is 2.58. The molecule has 108 valence electrons. The van der Waals surface area contributed by atoms with Gasteiger partial charge in [-0.05, 0) is 62.7 Å². The Bertz CT molecular complexity index is 375. The van der Waals surface area contributed by atoms with Crippen LogP contribution >= 0.6 is 12.6 Å². The minimum atomic E-state index is 0.327. The van der Waals surface area contributed by atoms with Gasteiger partial charge >= 0.3 is 0 Å². The fourth-order valence-corrected chi connectivity index (χ4v) is 6.24. The van der Waals surface area contributed by atoms with Crippen LogP contribution in [0.1, 0.15) is 58.8 Å². The second kappa shape index (κ2) is 4.44. The van der Waals surface area contributed by atoms with Gasteiger partial charge in [0.2, 0.25) is 0 Å².